The Morgan fingerprint density at radius 2 is 1.88 bits per heavy atom. The van der Waals surface area contributed by atoms with Crippen molar-refractivity contribution >= 4 is 41.5 Å². The van der Waals surface area contributed by atoms with Crippen LogP contribution in [0, 0.1) is 0 Å². The molecule has 1 heterocycles. The summed E-state index contributed by atoms with van der Waals surface area (Å²) in [7, 11) is 0. The number of halogens is 1. The molecule has 1 fully saturated rings. The number of phenols is 1. The van der Waals surface area contributed by atoms with Crippen LogP contribution in [0.25, 0.3) is 0 Å². The summed E-state index contributed by atoms with van der Waals surface area (Å²) in [6, 6.07) is 14.6. The van der Waals surface area contributed by atoms with Crippen molar-refractivity contribution in [1.82, 2.24) is 10.6 Å². The molecule has 2 aliphatic rings. The van der Waals surface area contributed by atoms with Gasteiger partial charge in [-0.1, -0.05) is 18.2 Å². The van der Waals surface area contributed by atoms with Crippen LogP contribution in [0.15, 0.2) is 53.5 Å². The number of guanidine groups is 1. The summed E-state index contributed by atoms with van der Waals surface area (Å²) in [6.07, 6.45) is 5.42. The molecule has 4 rings (SSSR count). The fraction of sp³-hybridized carbons (Fsp3) is 0.417. The molecule has 0 saturated heterocycles. The number of rotatable bonds is 5. The Hall–Kier alpha value is -2.49. The largest absolute Gasteiger partial charge is 0.508 e. The van der Waals surface area contributed by atoms with Gasteiger partial charge in [-0.3, -0.25) is 4.79 Å². The van der Waals surface area contributed by atoms with Crippen LogP contribution in [-0.2, 0) is 4.79 Å². The van der Waals surface area contributed by atoms with Gasteiger partial charge in [-0.05, 0) is 62.9 Å². The molecule has 8 heteroatoms. The van der Waals surface area contributed by atoms with Crippen molar-refractivity contribution < 1.29 is 14.6 Å². The smallest absolute Gasteiger partial charge is 0.246 e. The minimum absolute atomic E-state index is 0. The number of ether oxygens (including phenoxy) is 1. The summed E-state index contributed by atoms with van der Waals surface area (Å²) in [4.78, 5) is 16.8. The van der Waals surface area contributed by atoms with Gasteiger partial charge >= 0.3 is 0 Å². The average molecular weight is 550 g/mol. The number of aromatic hydroxyl groups is 1. The standard InChI is InChI=1S/C24H30N4O3.HI/c1-2-25-23(26-16-22(30)27-17-9-11-18(29)12-10-17)28-20-15-24(13-5-6-14-24)31-21-8-4-3-7-19(20)21;/h3-4,7-12,20,29H,2,5-6,13-16H2,1H3,(H,27,30)(H2,25,26,28);1H. The van der Waals surface area contributed by atoms with Crippen LogP contribution in [-0.4, -0.2) is 35.7 Å². The first-order chi connectivity index (χ1) is 15.1. The van der Waals surface area contributed by atoms with Crippen molar-refractivity contribution in [1.29, 1.82) is 0 Å². The molecule has 1 aliphatic carbocycles. The highest BCUT2D eigenvalue weighted by molar-refractivity contribution is 14.0. The molecule has 1 spiro atoms. The first-order valence-corrected chi connectivity index (χ1v) is 11.0. The van der Waals surface area contributed by atoms with Gasteiger partial charge in [0.05, 0.1) is 6.04 Å². The summed E-state index contributed by atoms with van der Waals surface area (Å²) in [5.41, 5.74) is 1.64. The summed E-state index contributed by atoms with van der Waals surface area (Å²) >= 11 is 0. The fourth-order valence-electron chi connectivity index (χ4n) is 4.45. The molecule has 32 heavy (non-hydrogen) atoms. The number of aliphatic imine (C=N–C) groups is 1. The van der Waals surface area contributed by atoms with Crippen molar-refractivity contribution in [2.45, 2.75) is 50.7 Å². The third-order valence-corrected chi connectivity index (χ3v) is 5.90. The summed E-state index contributed by atoms with van der Waals surface area (Å²) in [5.74, 6) is 1.49. The number of nitrogens with one attached hydrogen (secondary N) is 3. The van der Waals surface area contributed by atoms with Gasteiger partial charge in [0.15, 0.2) is 5.96 Å². The lowest BCUT2D eigenvalue weighted by Gasteiger charge is -2.40. The van der Waals surface area contributed by atoms with Crippen molar-refractivity contribution in [2.24, 2.45) is 4.99 Å². The van der Waals surface area contributed by atoms with Crippen molar-refractivity contribution in [3.05, 3.63) is 54.1 Å². The van der Waals surface area contributed by atoms with E-state index in [9.17, 15) is 9.90 Å². The first kappa shape index (κ1) is 24.2. The molecule has 4 N–H and O–H groups in total. The van der Waals surface area contributed by atoms with Crippen LogP contribution in [0.3, 0.4) is 0 Å². The van der Waals surface area contributed by atoms with Crippen molar-refractivity contribution in [3.63, 3.8) is 0 Å². The van der Waals surface area contributed by atoms with Gasteiger partial charge in [-0.15, -0.1) is 24.0 Å². The number of carbonyl (C=O) groups excluding carboxylic acids is 1. The molecule has 1 atom stereocenters. The van der Waals surface area contributed by atoms with E-state index in [0.717, 1.165) is 30.6 Å². The molecule has 2 aromatic rings. The zero-order chi connectivity index (χ0) is 21.7. The van der Waals surface area contributed by atoms with Crippen LogP contribution >= 0.6 is 24.0 Å². The van der Waals surface area contributed by atoms with E-state index >= 15 is 0 Å². The number of benzene rings is 2. The van der Waals surface area contributed by atoms with Crippen LogP contribution in [0.1, 0.15) is 50.6 Å². The zero-order valence-electron chi connectivity index (χ0n) is 18.3. The fourth-order valence-corrected chi connectivity index (χ4v) is 4.45. The maximum atomic E-state index is 12.3. The molecular formula is C24H31IN4O3. The monoisotopic (exact) mass is 550 g/mol. The minimum Gasteiger partial charge on any atom is -0.508 e. The number of para-hydroxylation sites is 1. The molecule has 7 nitrogen and oxygen atoms in total. The van der Waals surface area contributed by atoms with E-state index < -0.39 is 0 Å². The van der Waals surface area contributed by atoms with Crippen LogP contribution in [0.5, 0.6) is 11.5 Å². The Balaban J connectivity index is 0.00000289. The second-order valence-electron chi connectivity index (χ2n) is 8.22. The highest BCUT2D eigenvalue weighted by Gasteiger charge is 2.43. The Morgan fingerprint density at radius 3 is 2.59 bits per heavy atom. The number of phenolic OH excluding ortho intramolecular Hbond substituents is 1. The van der Waals surface area contributed by atoms with Crippen LogP contribution < -0.4 is 20.7 Å². The number of carbonyl (C=O) groups is 1. The van der Waals surface area contributed by atoms with Gasteiger partial charge in [-0.2, -0.15) is 0 Å². The Morgan fingerprint density at radius 1 is 1.16 bits per heavy atom. The lowest BCUT2D eigenvalue weighted by molar-refractivity contribution is -0.114. The summed E-state index contributed by atoms with van der Waals surface area (Å²) < 4.78 is 6.44. The molecule has 0 radical (unpaired) electrons. The highest BCUT2D eigenvalue weighted by Crippen LogP contribution is 2.46. The number of nitrogens with zero attached hydrogens (tertiary/aromatic N) is 1. The van der Waals surface area contributed by atoms with E-state index in [1.165, 1.54) is 25.0 Å². The minimum atomic E-state index is -0.220. The molecule has 1 aliphatic heterocycles. The second kappa shape index (κ2) is 10.9. The van der Waals surface area contributed by atoms with E-state index in [1.807, 2.05) is 25.1 Å². The van der Waals surface area contributed by atoms with Gasteiger partial charge in [0.1, 0.15) is 23.6 Å². The number of amides is 1. The molecule has 1 amide bonds. The molecule has 1 unspecified atom stereocenters. The van der Waals surface area contributed by atoms with Crippen molar-refractivity contribution in [2.75, 3.05) is 18.4 Å². The zero-order valence-corrected chi connectivity index (χ0v) is 20.6. The summed E-state index contributed by atoms with van der Waals surface area (Å²) in [6.45, 7) is 2.69. The normalized spacial score (nSPS) is 18.8. The number of hydrogen-bond acceptors (Lipinski definition) is 4. The maximum absolute atomic E-state index is 12.3. The molecule has 2 aromatic carbocycles. The first-order valence-electron chi connectivity index (χ1n) is 11.0. The number of anilines is 1. The third kappa shape index (κ3) is 5.85. The number of hydrogen-bond donors (Lipinski definition) is 4. The molecule has 172 valence electrons. The Kier molecular flexibility index (Phi) is 8.22. The summed E-state index contributed by atoms with van der Waals surface area (Å²) in [5, 5.41) is 18.9. The van der Waals surface area contributed by atoms with Gasteiger partial charge in [0.25, 0.3) is 0 Å². The Labute approximate surface area is 206 Å². The topological polar surface area (TPSA) is 95.0 Å². The maximum Gasteiger partial charge on any atom is 0.246 e. The predicted octanol–water partition coefficient (Wildman–Crippen LogP) is 4.34. The van der Waals surface area contributed by atoms with E-state index in [-0.39, 0.29) is 53.8 Å². The van der Waals surface area contributed by atoms with Crippen molar-refractivity contribution in [3.8, 4) is 11.5 Å². The lowest BCUT2D eigenvalue weighted by atomic mass is 9.86. The Bertz CT molecular complexity index is 943. The molecule has 1 saturated carbocycles. The van der Waals surface area contributed by atoms with Gasteiger partial charge in [0.2, 0.25) is 5.91 Å². The molecular weight excluding hydrogens is 519 g/mol. The van der Waals surface area contributed by atoms with Crippen LogP contribution in [0.2, 0.25) is 0 Å². The predicted molar refractivity (Wildman–Crippen MR) is 137 cm³/mol. The quantitative estimate of drug-likeness (QED) is 0.192. The third-order valence-electron chi connectivity index (χ3n) is 5.90. The lowest BCUT2D eigenvalue weighted by Crippen LogP contribution is -2.46. The van der Waals surface area contributed by atoms with E-state index in [0.29, 0.717) is 18.2 Å². The van der Waals surface area contributed by atoms with Gasteiger partial charge in [0, 0.05) is 24.2 Å². The second-order valence-corrected chi connectivity index (χ2v) is 8.22. The average Bonchev–Trinajstić information content (AvgIpc) is 3.21. The molecule has 0 bridgehead atoms. The molecule has 0 aromatic heterocycles. The van der Waals surface area contributed by atoms with Gasteiger partial charge < -0.3 is 25.8 Å². The SMILES string of the molecule is CCNC(=NCC(=O)Nc1ccc(O)cc1)NC1CC2(CCCC2)Oc2ccccc21.I. The van der Waals surface area contributed by atoms with Gasteiger partial charge in [-0.25, -0.2) is 4.99 Å². The van der Waals surface area contributed by atoms with E-state index in [4.69, 9.17) is 4.74 Å². The highest BCUT2D eigenvalue weighted by atomic mass is 127. The van der Waals surface area contributed by atoms with E-state index in [1.54, 1.807) is 12.1 Å². The van der Waals surface area contributed by atoms with Crippen LogP contribution in [0.4, 0.5) is 5.69 Å². The van der Waals surface area contributed by atoms with E-state index in [2.05, 4.69) is 27.0 Å². The number of fused-ring (bicyclic) bond motifs is 1.